The molecule has 2 heterocycles. The average Bonchev–Trinajstić information content (AvgIpc) is 2.97. The zero-order chi connectivity index (χ0) is 17.4. The van der Waals surface area contributed by atoms with Crippen LogP contribution in [0.3, 0.4) is 0 Å². The molecule has 1 fully saturated rings. The first kappa shape index (κ1) is 16.3. The molecule has 0 saturated carbocycles. The summed E-state index contributed by atoms with van der Waals surface area (Å²) < 4.78 is 4.77. The van der Waals surface area contributed by atoms with Gasteiger partial charge in [0.25, 0.3) is 17.1 Å². The number of amides is 3. The lowest BCUT2D eigenvalue weighted by atomic mass is 10.1. The number of nitrogens with zero attached hydrogens (tertiary/aromatic N) is 2. The van der Waals surface area contributed by atoms with Crippen molar-refractivity contribution < 1.29 is 23.9 Å². The Bertz CT molecular complexity index is 801. The van der Waals surface area contributed by atoms with Crippen LogP contribution in [0.5, 0.6) is 0 Å². The van der Waals surface area contributed by atoms with Gasteiger partial charge in [0.15, 0.2) is 0 Å². The van der Waals surface area contributed by atoms with E-state index in [4.69, 9.17) is 4.74 Å². The van der Waals surface area contributed by atoms with E-state index in [-0.39, 0.29) is 23.0 Å². The Kier molecular flexibility index (Phi) is 4.15. The number of benzene rings is 1. The van der Waals surface area contributed by atoms with Gasteiger partial charge in [-0.25, -0.2) is 0 Å². The van der Waals surface area contributed by atoms with E-state index >= 15 is 0 Å². The lowest BCUT2D eigenvalue weighted by Crippen LogP contribution is -2.34. The number of hydrogen-bond donors (Lipinski definition) is 0. The van der Waals surface area contributed by atoms with Gasteiger partial charge in [-0.05, 0) is 24.8 Å². The number of likely N-dealkylation sites (N-methyl/N-ethyl adjacent to an activating group) is 1. The Morgan fingerprint density at radius 3 is 2.58 bits per heavy atom. The molecule has 0 N–H and O–H groups in total. The zero-order valence-corrected chi connectivity index (χ0v) is 13.9. The van der Waals surface area contributed by atoms with Gasteiger partial charge in [-0.15, -0.1) is 0 Å². The van der Waals surface area contributed by atoms with Gasteiger partial charge in [-0.1, -0.05) is 18.2 Å². The van der Waals surface area contributed by atoms with Crippen molar-refractivity contribution in [3.8, 4) is 0 Å². The topological polar surface area (TPSA) is 84.0 Å². The van der Waals surface area contributed by atoms with Gasteiger partial charge in [-0.2, -0.15) is 0 Å². The maximum absolute atomic E-state index is 12.6. The van der Waals surface area contributed by atoms with Crippen LogP contribution in [0.1, 0.15) is 12.5 Å². The fourth-order valence-electron chi connectivity index (χ4n) is 2.61. The maximum atomic E-state index is 12.6. The summed E-state index contributed by atoms with van der Waals surface area (Å²) in [7, 11) is 1.61. The monoisotopic (exact) mass is 346 g/mol. The number of rotatable bonds is 3. The average molecular weight is 346 g/mol. The number of carbonyl (C=O) groups is 4. The molecule has 0 spiro atoms. The fraction of sp³-hybridized carbons (Fsp3) is 0.250. The van der Waals surface area contributed by atoms with Gasteiger partial charge >= 0.3 is 5.97 Å². The molecule has 0 atom stereocenters. The number of para-hydroxylation sites is 1. The second-order valence-electron chi connectivity index (χ2n) is 5.15. The standard InChI is InChI=1S/C16H14N2O5S/c1-3-23-11(19)8-18-15(21)13(24-16(18)22)12-9-6-4-5-7-10(9)17(2)14(12)20/h4-7H,3,8H2,1-2H3/b13-12-. The predicted octanol–water partition coefficient (Wildman–Crippen LogP) is 1.63. The summed E-state index contributed by atoms with van der Waals surface area (Å²) >= 11 is 0.670. The molecule has 1 saturated heterocycles. The zero-order valence-electron chi connectivity index (χ0n) is 13.1. The summed E-state index contributed by atoms with van der Waals surface area (Å²) in [4.78, 5) is 51.0. The van der Waals surface area contributed by atoms with Crippen LogP contribution in [0.4, 0.5) is 10.5 Å². The molecular weight excluding hydrogens is 332 g/mol. The quantitative estimate of drug-likeness (QED) is 0.611. The van der Waals surface area contributed by atoms with Gasteiger partial charge < -0.3 is 9.64 Å². The number of fused-ring (bicyclic) bond motifs is 1. The van der Waals surface area contributed by atoms with Crippen LogP contribution in [0.15, 0.2) is 29.2 Å². The van der Waals surface area contributed by atoms with Gasteiger partial charge in [-0.3, -0.25) is 24.1 Å². The second kappa shape index (κ2) is 6.12. The number of esters is 1. The fourth-order valence-corrected chi connectivity index (χ4v) is 3.54. The van der Waals surface area contributed by atoms with Crippen molar-refractivity contribution in [3.05, 3.63) is 34.7 Å². The predicted molar refractivity (Wildman–Crippen MR) is 88.1 cm³/mol. The van der Waals surface area contributed by atoms with Crippen molar-refractivity contribution in [1.82, 2.24) is 4.90 Å². The smallest absolute Gasteiger partial charge is 0.326 e. The Labute approximate surface area is 142 Å². The van der Waals surface area contributed by atoms with Gasteiger partial charge in [0.05, 0.1) is 22.8 Å². The Hall–Kier alpha value is -2.61. The summed E-state index contributed by atoms with van der Waals surface area (Å²) in [6, 6.07) is 7.04. The molecule has 0 radical (unpaired) electrons. The third kappa shape index (κ3) is 2.48. The lowest BCUT2D eigenvalue weighted by Gasteiger charge is -2.11. The molecule has 124 valence electrons. The van der Waals surface area contributed by atoms with Gasteiger partial charge in [0.1, 0.15) is 6.54 Å². The highest BCUT2D eigenvalue weighted by atomic mass is 32.2. The summed E-state index contributed by atoms with van der Waals surface area (Å²) in [6.45, 7) is 1.34. The molecule has 0 unspecified atom stereocenters. The van der Waals surface area contributed by atoms with E-state index < -0.39 is 23.7 Å². The summed E-state index contributed by atoms with van der Waals surface area (Å²) in [5.74, 6) is -1.66. The molecular formula is C16H14N2O5S. The van der Waals surface area contributed by atoms with E-state index in [2.05, 4.69) is 0 Å². The summed E-state index contributed by atoms with van der Waals surface area (Å²) in [5, 5.41) is -0.588. The van der Waals surface area contributed by atoms with Crippen LogP contribution in [0.25, 0.3) is 5.57 Å². The van der Waals surface area contributed by atoms with Crippen molar-refractivity contribution in [2.75, 3.05) is 25.1 Å². The van der Waals surface area contributed by atoms with E-state index in [9.17, 15) is 19.2 Å². The van der Waals surface area contributed by atoms with Crippen molar-refractivity contribution in [1.29, 1.82) is 0 Å². The maximum Gasteiger partial charge on any atom is 0.326 e. The van der Waals surface area contributed by atoms with E-state index in [0.717, 1.165) is 4.90 Å². The summed E-state index contributed by atoms with van der Waals surface area (Å²) in [6.07, 6.45) is 0. The van der Waals surface area contributed by atoms with Crippen molar-refractivity contribution in [3.63, 3.8) is 0 Å². The molecule has 3 amide bonds. The highest BCUT2D eigenvalue weighted by Gasteiger charge is 2.43. The molecule has 24 heavy (non-hydrogen) atoms. The number of imide groups is 1. The van der Waals surface area contributed by atoms with Gasteiger partial charge in [0, 0.05) is 12.6 Å². The minimum Gasteiger partial charge on any atom is -0.465 e. The number of thioether (sulfide) groups is 1. The summed E-state index contributed by atoms with van der Waals surface area (Å²) in [5.41, 5.74) is 1.48. The Morgan fingerprint density at radius 2 is 1.88 bits per heavy atom. The van der Waals surface area contributed by atoms with Crippen LogP contribution in [0, 0.1) is 0 Å². The van der Waals surface area contributed by atoms with Crippen LogP contribution < -0.4 is 4.90 Å². The van der Waals surface area contributed by atoms with Crippen LogP contribution in [-0.4, -0.2) is 48.1 Å². The normalized spacial score (nSPS) is 20.0. The van der Waals surface area contributed by atoms with E-state index in [0.29, 0.717) is 23.0 Å². The highest BCUT2D eigenvalue weighted by molar-refractivity contribution is 8.18. The third-order valence-electron chi connectivity index (χ3n) is 3.72. The molecule has 0 bridgehead atoms. The largest absolute Gasteiger partial charge is 0.465 e. The molecule has 0 aromatic heterocycles. The number of ether oxygens (including phenoxy) is 1. The first-order valence-corrected chi connectivity index (χ1v) is 8.08. The van der Waals surface area contributed by atoms with Crippen LogP contribution in [0.2, 0.25) is 0 Å². The van der Waals surface area contributed by atoms with E-state index in [1.165, 1.54) is 4.90 Å². The number of anilines is 1. The molecule has 8 heteroatoms. The SMILES string of the molecule is CCOC(=O)CN1C(=O)S/C(=C2\C(=O)N(C)c3ccccc32)C1=O. The minimum atomic E-state index is -0.665. The highest BCUT2D eigenvalue weighted by Crippen LogP contribution is 2.43. The first-order chi connectivity index (χ1) is 11.5. The molecule has 2 aliphatic heterocycles. The number of hydrogen-bond acceptors (Lipinski definition) is 6. The third-order valence-corrected chi connectivity index (χ3v) is 4.70. The Morgan fingerprint density at radius 1 is 1.17 bits per heavy atom. The first-order valence-electron chi connectivity index (χ1n) is 7.26. The van der Waals surface area contributed by atoms with Gasteiger partial charge in [0.2, 0.25) is 0 Å². The molecule has 2 aliphatic rings. The van der Waals surface area contributed by atoms with Crippen molar-refractivity contribution in [2.45, 2.75) is 6.92 Å². The number of carbonyl (C=O) groups excluding carboxylic acids is 4. The Balaban J connectivity index is 2.00. The molecule has 7 nitrogen and oxygen atoms in total. The minimum absolute atomic E-state index is 0.0473. The van der Waals surface area contributed by atoms with Crippen molar-refractivity contribution in [2.24, 2.45) is 0 Å². The van der Waals surface area contributed by atoms with E-state index in [1.807, 2.05) is 0 Å². The molecule has 3 rings (SSSR count). The van der Waals surface area contributed by atoms with Crippen molar-refractivity contribution >= 4 is 46.0 Å². The molecule has 1 aromatic rings. The van der Waals surface area contributed by atoms with Crippen LogP contribution in [-0.2, 0) is 19.1 Å². The van der Waals surface area contributed by atoms with Crippen LogP contribution >= 0.6 is 11.8 Å². The van der Waals surface area contributed by atoms with E-state index in [1.54, 1.807) is 38.2 Å². The molecule has 1 aromatic carbocycles. The lowest BCUT2D eigenvalue weighted by molar-refractivity contribution is -0.145. The molecule has 0 aliphatic carbocycles. The second-order valence-corrected chi connectivity index (χ2v) is 6.11.